The molecular formula is C19H18F4N2O3. The molecule has 0 atom stereocenters. The Kier molecular flexibility index (Phi) is 6.71. The maximum absolute atomic E-state index is 13.4. The number of halogens is 4. The van der Waals surface area contributed by atoms with Crippen LogP contribution in [-0.4, -0.2) is 23.0 Å². The molecule has 2 rings (SSSR count). The fourth-order valence-electron chi connectivity index (χ4n) is 2.43. The maximum Gasteiger partial charge on any atom is 0.573 e. The Morgan fingerprint density at radius 2 is 1.89 bits per heavy atom. The minimum absolute atomic E-state index is 0.0204. The largest absolute Gasteiger partial charge is 0.573 e. The second kappa shape index (κ2) is 8.81. The second-order valence-corrected chi connectivity index (χ2v) is 6.05. The fraction of sp³-hybridized carbons (Fsp3) is 0.316. The molecule has 1 aromatic carbocycles. The van der Waals surface area contributed by atoms with Crippen molar-refractivity contribution in [2.24, 2.45) is 0 Å². The molecule has 150 valence electrons. The van der Waals surface area contributed by atoms with Gasteiger partial charge in [-0.3, -0.25) is 14.6 Å². The highest BCUT2D eigenvalue weighted by atomic mass is 19.4. The minimum atomic E-state index is -5.02. The third-order valence-corrected chi connectivity index (χ3v) is 3.72. The summed E-state index contributed by atoms with van der Waals surface area (Å²) in [7, 11) is 0. The van der Waals surface area contributed by atoms with E-state index >= 15 is 0 Å². The van der Waals surface area contributed by atoms with Gasteiger partial charge in [0, 0.05) is 36.3 Å². The van der Waals surface area contributed by atoms with E-state index in [-0.39, 0.29) is 29.9 Å². The molecule has 0 aliphatic rings. The first-order chi connectivity index (χ1) is 13.1. The second-order valence-electron chi connectivity index (χ2n) is 6.05. The first kappa shape index (κ1) is 21.3. The van der Waals surface area contributed by atoms with Gasteiger partial charge in [0.2, 0.25) is 0 Å². The van der Waals surface area contributed by atoms with Crippen LogP contribution in [0.1, 0.15) is 40.7 Å². The van der Waals surface area contributed by atoms with Crippen LogP contribution < -0.4 is 10.1 Å². The molecule has 0 aliphatic carbocycles. The van der Waals surface area contributed by atoms with Crippen molar-refractivity contribution < 1.29 is 31.9 Å². The number of benzene rings is 1. The Morgan fingerprint density at radius 3 is 2.54 bits per heavy atom. The smallest absolute Gasteiger partial charge is 0.403 e. The summed E-state index contributed by atoms with van der Waals surface area (Å²) in [6, 6.07) is 5.94. The van der Waals surface area contributed by atoms with Crippen LogP contribution in [0.25, 0.3) is 0 Å². The lowest BCUT2D eigenvalue weighted by Crippen LogP contribution is -2.24. The number of alkyl halides is 3. The van der Waals surface area contributed by atoms with Gasteiger partial charge in [-0.1, -0.05) is 13.0 Å². The summed E-state index contributed by atoms with van der Waals surface area (Å²) in [6.07, 6.45) is -4.57. The van der Waals surface area contributed by atoms with Crippen molar-refractivity contribution in [2.45, 2.75) is 39.6 Å². The lowest BCUT2D eigenvalue weighted by molar-refractivity contribution is -0.275. The number of hydrogen-bond donors (Lipinski definition) is 1. The van der Waals surface area contributed by atoms with Crippen LogP contribution in [0.2, 0.25) is 0 Å². The lowest BCUT2D eigenvalue weighted by atomic mass is 10.1. The molecule has 0 fully saturated rings. The number of ketones is 1. The molecule has 1 amide bonds. The van der Waals surface area contributed by atoms with Crippen molar-refractivity contribution >= 4 is 11.7 Å². The van der Waals surface area contributed by atoms with Gasteiger partial charge >= 0.3 is 6.36 Å². The van der Waals surface area contributed by atoms with Crippen LogP contribution in [0.3, 0.4) is 0 Å². The minimum Gasteiger partial charge on any atom is -0.403 e. The van der Waals surface area contributed by atoms with Crippen LogP contribution in [0, 0.1) is 12.7 Å². The summed E-state index contributed by atoms with van der Waals surface area (Å²) in [5, 5.41) is 2.54. The van der Waals surface area contributed by atoms with E-state index in [9.17, 15) is 27.2 Å². The van der Waals surface area contributed by atoms with Gasteiger partial charge < -0.3 is 10.1 Å². The first-order valence-corrected chi connectivity index (χ1v) is 8.39. The van der Waals surface area contributed by atoms with E-state index in [1.165, 1.54) is 18.2 Å². The quantitative estimate of drug-likeness (QED) is 0.719. The summed E-state index contributed by atoms with van der Waals surface area (Å²) >= 11 is 0. The van der Waals surface area contributed by atoms with Gasteiger partial charge in [-0.25, -0.2) is 4.39 Å². The number of carbonyl (C=O) groups excluding carboxylic acids is 2. The van der Waals surface area contributed by atoms with Gasteiger partial charge in [-0.2, -0.15) is 0 Å². The standard InChI is InChI=1S/C19H18F4N2O3/c1-3-15(26)9-14-8-13(6-11(2)25-14)18(27)24-10-12-4-5-16(20)17(7-12)28-19(21,22)23/h4-8H,3,9-10H2,1-2H3,(H,24,27). The third-order valence-electron chi connectivity index (χ3n) is 3.72. The van der Waals surface area contributed by atoms with Crippen LogP contribution in [0.5, 0.6) is 5.75 Å². The number of amides is 1. The van der Waals surface area contributed by atoms with Gasteiger partial charge in [-0.05, 0) is 36.8 Å². The van der Waals surface area contributed by atoms with Crippen LogP contribution in [-0.2, 0) is 17.8 Å². The van der Waals surface area contributed by atoms with E-state index in [0.29, 0.717) is 17.8 Å². The number of aromatic nitrogens is 1. The summed E-state index contributed by atoms with van der Waals surface area (Å²) in [4.78, 5) is 28.1. The Bertz CT molecular complexity index is 882. The van der Waals surface area contributed by atoms with Crippen molar-refractivity contribution in [3.8, 4) is 5.75 Å². The zero-order chi connectivity index (χ0) is 20.9. The normalized spacial score (nSPS) is 11.2. The number of carbonyl (C=O) groups is 2. The summed E-state index contributed by atoms with van der Waals surface area (Å²) in [5.74, 6) is -2.66. The summed E-state index contributed by atoms with van der Waals surface area (Å²) < 4.78 is 53.9. The Labute approximate surface area is 158 Å². The Hall–Kier alpha value is -2.97. The van der Waals surface area contributed by atoms with E-state index < -0.39 is 23.8 Å². The van der Waals surface area contributed by atoms with Gasteiger partial charge in [0.25, 0.3) is 5.91 Å². The molecule has 28 heavy (non-hydrogen) atoms. The van der Waals surface area contributed by atoms with Crippen molar-refractivity contribution in [3.05, 3.63) is 58.7 Å². The highest BCUT2D eigenvalue weighted by Crippen LogP contribution is 2.26. The predicted molar refractivity (Wildman–Crippen MR) is 92.2 cm³/mol. The van der Waals surface area contributed by atoms with E-state index in [1.807, 2.05) is 0 Å². The van der Waals surface area contributed by atoms with Gasteiger partial charge in [0.15, 0.2) is 11.6 Å². The molecule has 0 bridgehead atoms. The number of Topliss-reactive ketones (excluding diaryl/α,β-unsaturated/α-hetero) is 1. The zero-order valence-corrected chi connectivity index (χ0v) is 15.2. The van der Waals surface area contributed by atoms with Crippen molar-refractivity contribution in [1.82, 2.24) is 10.3 Å². The molecule has 0 aliphatic heterocycles. The number of nitrogens with zero attached hydrogens (tertiary/aromatic N) is 1. The molecule has 1 N–H and O–H groups in total. The molecule has 0 saturated carbocycles. The molecule has 0 saturated heterocycles. The summed E-state index contributed by atoms with van der Waals surface area (Å²) in [6.45, 7) is 3.26. The monoisotopic (exact) mass is 398 g/mol. The number of aryl methyl sites for hydroxylation is 1. The van der Waals surface area contributed by atoms with E-state index in [4.69, 9.17) is 0 Å². The predicted octanol–water partition coefficient (Wildman–Crippen LogP) is 3.88. The van der Waals surface area contributed by atoms with Gasteiger partial charge in [0.1, 0.15) is 5.78 Å². The molecule has 2 aromatic rings. The molecule has 0 radical (unpaired) electrons. The van der Waals surface area contributed by atoms with Crippen LogP contribution in [0.15, 0.2) is 30.3 Å². The number of hydrogen-bond acceptors (Lipinski definition) is 4. The van der Waals surface area contributed by atoms with Crippen LogP contribution in [0.4, 0.5) is 17.6 Å². The number of rotatable bonds is 7. The molecule has 0 unspecified atom stereocenters. The molecule has 5 nitrogen and oxygen atoms in total. The van der Waals surface area contributed by atoms with E-state index in [2.05, 4.69) is 15.0 Å². The van der Waals surface area contributed by atoms with Crippen molar-refractivity contribution in [3.63, 3.8) is 0 Å². The maximum atomic E-state index is 13.4. The Balaban J connectivity index is 2.10. The van der Waals surface area contributed by atoms with Crippen LogP contribution >= 0.6 is 0 Å². The van der Waals surface area contributed by atoms with Crippen molar-refractivity contribution in [2.75, 3.05) is 0 Å². The lowest BCUT2D eigenvalue weighted by Gasteiger charge is -2.12. The van der Waals surface area contributed by atoms with Gasteiger partial charge in [-0.15, -0.1) is 13.2 Å². The molecule has 1 aromatic heterocycles. The summed E-state index contributed by atoms with van der Waals surface area (Å²) in [5.41, 5.74) is 1.50. The van der Waals surface area contributed by atoms with E-state index in [1.54, 1.807) is 13.8 Å². The Morgan fingerprint density at radius 1 is 1.18 bits per heavy atom. The average Bonchev–Trinajstić information content (AvgIpc) is 2.60. The van der Waals surface area contributed by atoms with E-state index in [0.717, 1.165) is 12.1 Å². The molecular weight excluding hydrogens is 380 g/mol. The fourth-order valence-corrected chi connectivity index (χ4v) is 2.43. The number of ether oxygens (including phenoxy) is 1. The van der Waals surface area contributed by atoms with Crippen molar-refractivity contribution in [1.29, 1.82) is 0 Å². The highest BCUT2D eigenvalue weighted by Gasteiger charge is 2.32. The molecule has 0 spiro atoms. The third kappa shape index (κ3) is 6.33. The topological polar surface area (TPSA) is 68.3 Å². The SMILES string of the molecule is CCC(=O)Cc1cc(C(=O)NCc2ccc(F)c(OC(F)(F)F)c2)cc(C)n1. The highest BCUT2D eigenvalue weighted by molar-refractivity contribution is 5.94. The number of pyridine rings is 1. The first-order valence-electron chi connectivity index (χ1n) is 8.39. The molecule has 1 heterocycles. The zero-order valence-electron chi connectivity index (χ0n) is 15.2. The van der Waals surface area contributed by atoms with Gasteiger partial charge in [0.05, 0.1) is 0 Å². The molecule has 9 heteroatoms. The number of nitrogens with one attached hydrogen (secondary N) is 1. The average molecular weight is 398 g/mol.